The second kappa shape index (κ2) is 1.95. The molecule has 0 radical (unpaired) electrons. The zero-order valence-corrected chi connectivity index (χ0v) is 5.81. The fourth-order valence-corrected chi connectivity index (χ4v) is 1.16. The van der Waals surface area contributed by atoms with Crippen molar-refractivity contribution in [2.75, 3.05) is 5.43 Å². The van der Waals surface area contributed by atoms with Crippen LogP contribution in [0.3, 0.4) is 0 Å². The fraction of sp³-hybridized carbons (Fsp3) is 0.286. The molecule has 0 spiro atoms. The summed E-state index contributed by atoms with van der Waals surface area (Å²) in [5.41, 5.74) is 9.75. The van der Waals surface area contributed by atoms with E-state index in [1.807, 2.05) is 12.4 Å². The summed E-state index contributed by atoms with van der Waals surface area (Å²) in [4.78, 5) is 4.05. The molecule has 1 aliphatic heterocycles. The predicted molar refractivity (Wildman–Crippen MR) is 39.4 cm³/mol. The van der Waals surface area contributed by atoms with Crippen LogP contribution in [0.5, 0.6) is 0 Å². The molecular weight excluding hydrogens is 126 g/mol. The lowest BCUT2D eigenvalue weighted by atomic mass is 10.1. The summed E-state index contributed by atoms with van der Waals surface area (Å²) in [7, 11) is 0. The summed E-state index contributed by atoms with van der Waals surface area (Å²) in [5, 5.41) is 0. The Morgan fingerprint density at radius 1 is 1.50 bits per heavy atom. The van der Waals surface area contributed by atoms with E-state index in [0.717, 1.165) is 12.2 Å². The first-order valence-electron chi connectivity index (χ1n) is 3.30. The molecule has 0 atom stereocenters. The number of pyridine rings is 1. The average Bonchev–Trinajstić information content (AvgIpc) is 2.36. The Morgan fingerprint density at radius 3 is 3.20 bits per heavy atom. The van der Waals surface area contributed by atoms with Gasteiger partial charge in [0.05, 0.1) is 11.9 Å². The lowest BCUT2D eigenvalue weighted by molar-refractivity contribution is 0.856. The largest absolute Gasteiger partial charge is 0.319 e. The molecule has 0 aliphatic carbocycles. The number of rotatable bonds is 0. The van der Waals surface area contributed by atoms with Gasteiger partial charge in [-0.15, -0.1) is 0 Å². The van der Waals surface area contributed by atoms with E-state index >= 15 is 0 Å². The number of hydrazine groups is 1. The van der Waals surface area contributed by atoms with Crippen LogP contribution in [0.1, 0.15) is 11.1 Å². The highest BCUT2D eigenvalue weighted by atomic mass is 15.4. The molecule has 1 aliphatic rings. The molecule has 10 heavy (non-hydrogen) atoms. The molecule has 2 heterocycles. The standard InChI is InChI=1S/C7H9N3/c1-5-2-8-4-7-6(5)3-9-10-7/h2,4,9-10H,3H2,1H3. The molecule has 0 fully saturated rings. The van der Waals surface area contributed by atoms with Gasteiger partial charge in [0.15, 0.2) is 0 Å². The Balaban J connectivity index is 2.59. The highest BCUT2D eigenvalue weighted by Gasteiger charge is 2.10. The van der Waals surface area contributed by atoms with Crippen LogP contribution in [0.2, 0.25) is 0 Å². The van der Waals surface area contributed by atoms with Crippen molar-refractivity contribution in [2.45, 2.75) is 13.5 Å². The van der Waals surface area contributed by atoms with Gasteiger partial charge >= 0.3 is 0 Å². The second-order valence-corrected chi connectivity index (χ2v) is 2.46. The van der Waals surface area contributed by atoms with Crippen molar-refractivity contribution < 1.29 is 0 Å². The van der Waals surface area contributed by atoms with Crippen molar-refractivity contribution in [3.8, 4) is 0 Å². The Bertz CT molecular complexity index is 257. The first-order valence-corrected chi connectivity index (χ1v) is 3.30. The van der Waals surface area contributed by atoms with Crippen LogP contribution in [-0.2, 0) is 6.54 Å². The van der Waals surface area contributed by atoms with E-state index in [2.05, 4.69) is 22.8 Å². The topological polar surface area (TPSA) is 37.0 Å². The molecule has 3 heteroatoms. The van der Waals surface area contributed by atoms with Crippen LogP contribution in [0.25, 0.3) is 0 Å². The third kappa shape index (κ3) is 0.675. The smallest absolute Gasteiger partial charge is 0.0719 e. The third-order valence-electron chi connectivity index (χ3n) is 1.76. The van der Waals surface area contributed by atoms with Crippen molar-refractivity contribution in [1.82, 2.24) is 10.4 Å². The molecular formula is C7H9N3. The first kappa shape index (κ1) is 5.68. The van der Waals surface area contributed by atoms with Gasteiger partial charge in [-0.2, -0.15) is 0 Å². The van der Waals surface area contributed by atoms with Crippen LogP contribution >= 0.6 is 0 Å². The summed E-state index contributed by atoms with van der Waals surface area (Å²) >= 11 is 0. The van der Waals surface area contributed by atoms with Crippen LogP contribution in [-0.4, -0.2) is 4.98 Å². The number of aryl methyl sites for hydroxylation is 1. The highest BCUT2D eigenvalue weighted by Crippen LogP contribution is 2.20. The number of hydrogen-bond donors (Lipinski definition) is 2. The average molecular weight is 135 g/mol. The van der Waals surface area contributed by atoms with Gasteiger partial charge in [0.25, 0.3) is 0 Å². The molecule has 2 N–H and O–H groups in total. The Kier molecular flexibility index (Phi) is 1.11. The molecule has 0 unspecified atom stereocenters. The van der Waals surface area contributed by atoms with Gasteiger partial charge < -0.3 is 5.43 Å². The monoisotopic (exact) mass is 135 g/mol. The number of fused-ring (bicyclic) bond motifs is 1. The molecule has 1 aromatic rings. The van der Waals surface area contributed by atoms with Crippen molar-refractivity contribution in [3.63, 3.8) is 0 Å². The number of nitrogens with zero attached hydrogens (tertiary/aromatic N) is 1. The SMILES string of the molecule is Cc1cncc2c1CNN2. The van der Waals surface area contributed by atoms with Crippen LogP contribution < -0.4 is 10.9 Å². The first-order chi connectivity index (χ1) is 4.88. The maximum Gasteiger partial charge on any atom is 0.0719 e. The number of hydrogen-bond acceptors (Lipinski definition) is 3. The normalized spacial score (nSPS) is 14.5. The molecule has 1 aromatic heterocycles. The summed E-state index contributed by atoms with van der Waals surface area (Å²) in [6, 6.07) is 0. The Morgan fingerprint density at radius 2 is 2.40 bits per heavy atom. The van der Waals surface area contributed by atoms with Gasteiger partial charge in [-0.25, -0.2) is 5.43 Å². The molecule has 2 rings (SSSR count). The third-order valence-corrected chi connectivity index (χ3v) is 1.76. The molecule has 0 saturated carbocycles. The Hall–Kier alpha value is -1.09. The minimum Gasteiger partial charge on any atom is -0.319 e. The lowest BCUT2D eigenvalue weighted by Crippen LogP contribution is -2.10. The molecule has 0 aromatic carbocycles. The zero-order valence-electron chi connectivity index (χ0n) is 5.81. The predicted octanol–water partition coefficient (Wildman–Crippen LogP) is 0.820. The Labute approximate surface area is 59.4 Å². The van der Waals surface area contributed by atoms with Gasteiger partial charge in [-0.05, 0) is 18.1 Å². The minimum atomic E-state index is 0.906. The van der Waals surface area contributed by atoms with Gasteiger partial charge in [0, 0.05) is 12.7 Å². The maximum atomic E-state index is 4.05. The van der Waals surface area contributed by atoms with E-state index in [4.69, 9.17) is 0 Å². The fourth-order valence-electron chi connectivity index (χ4n) is 1.16. The summed E-state index contributed by atoms with van der Waals surface area (Å²) in [6.45, 7) is 2.98. The summed E-state index contributed by atoms with van der Waals surface area (Å²) in [5.74, 6) is 0. The molecule has 0 saturated heterocycles. The van der Waals surface area contributed by atoms with E-state index in [1.165, 1.54) is 11.1 Å². The van der Waals surface area contributed by atoms with E-state index in [0.29, 0.717) is 0 Å². The van der Waals surface area contributed by atoms with Gasteiger partial charge in [-0.1, -0.05) is 0 Å². The van der Waals surface area contributed by atoms with Crippen molar-refractivity contribution in [3.05, 3.63) is 23.5 Å². The number of anilines is 1. The van der Waals surface area contributed by atoms with Gasteiger partial charge in [-0.3, -0.25) is 4.98 Å². The molecule has 0 bridgehead atoms. The highest BCUT2D eigenvalue weighted by molar-refractivity contribution is 5.54. The van der Waals surface area contributed by atoms with Crippen LogP contribution in [0.15, 0.2) is 12.4 Å². The summed E-state index contributed by atoms with van der Waals surface area (Å²) in [6.07, 6.45) is 3.72. The van der Waals surface area contributed by atoms with E-state index in [-0.39, 0.29) is 0 Å². The van der Waals surface area contributed by atoms with Crippen LogP contribution in [0, 0.1) is 6.92 Å². The number of nitrogens with one attached hydrogen (secondary N) is 2. The minimum absolute atomic E-state index is 0.906. The molecule has 3 nitrogen and oxygen atoms in total. The van der Waals surface area contributed by atoms with Crippen molar-refractivity contribution in [2.24, 2.45) is 0 Å². The van der Waals surface area contributed by atoms with Gasteiger partial charge in [0.2, 0.25) is 0 Å². The van der Waals surface area contributed by atoms with Crippen molar-refractivity contribution in [1.29, 1.82) is 0 Å². The van der Waals surface area contributed by atoms with E-state index < -0.39 is 0 Å². The summed E-state index contributed by atoms with van der Waals surface area (Å²) < 4.78 is 0. The van der Waals surface area contributed by atoms with Crippen molar-refractivity contribution >= 4 is 5.69 Å². The number of aromatic nitrogens is 1. The molecule has 0 amide bonds. The molecule has 52 valence electrons. The quantitative estimate of drug-likeness (QED) is 0.553. The van der Waals surface area contributed by atoms with Crippen LogP contribution in [0.4, 0.5) is 5.69 Å². The van der Waals surface area contributed by atoms with Gasteiger partial charge in [0.1, 0.15) is 0 Å². The second-order valence-electron chi connectivity index (χ2n) is 2.46. The van der Waals surface area contributed by atoms with E-state index in [1.54, 1.807) is 0 Å². The lowest BCUT2D eigenvalue weighted by Gasteiger charge is -1.98. The van der Waals surface area contributed by atoms with E-state index in [9.17, 15) is 0 Å². The maximum absolute atomic E-state index is 4.05. The zero-order chi connectivity index (χ0) is 6.97.